The van der Waals surface area contributed by atoms with E-state index in [4.69, 9.17) is 14.3 Å². The SMILES string of the molecule is CCOc1ccc(C(=O)Nc2ccc(-c3ccc(CO)o3)c(C)c2)cc1. The lowest BCUT2D eigenvalue weighted by Gasteiger charge is -2.09. The van der Waals surface area contributed by atoms with Crippen LogP contribution in [0.1, 0.15) is 28.6 Å². The van der Waals surface area contributed by atoms with Crippen LogP contribution in [0.4, 0.5) is 5.69 Å². The number of aliphatic hydroxyl groups is 1. The summed E-state index contributed by atoms with van der Waals surface area (Å²) in [5.74, 6) is 1.77. The van der Waals surface area contributed by atoms with Crippen molar-refractivity contribution in [3.8, 4) is 17.1 Å². The lowest BCUT2D eigenvalue weighted by Crippen LogP contribution is -2.11. The van der Waals surface area contributed by atoms with Crippen molar-refractivity contribution in [3.63, 3.8) is 0 Å². The second-order valence-corrected chi connectivity index (χ2v) is 5.87. The van der Waals surface area contributed by atoms with Crippen LogP contribution in [0.3, 0.4) is 0 Å². The molecule has 5 heteroatoms. The van der Waals surface area contributed by atoms with Gasteiger partial charge in [-0.15, -0.1) is 0 Å². The van der Waals surface area contributed by atoms with Crippen LogP contribution in [0.2, 0.25) is 0 Å². The third-order valence-corrected chi connectivity index (χ3v) is 3.99. The van der Waals surface area contributed by atoms with Crippen molar-refractivity contribution >= 4 is 11.6 Å². The Balaban J connectivity index is 1.73. The Hall–Kier alpha value is -3.05. The highest BCUT2D eigenvalue weighted by atomic mass is 16.5. The monoisotopic (exact) mass is 351 g/mol. The molecule has 3 rings (SSSR count). The van der Waals surface area contributed by atoms with Crippen LogP contribution in [0.15, 0.2) is 59.0 Å². The number of ether oxygens (including phenoxy) is 1. The molecule has 3 aromatic rings. The molecule has 2 N–H and O–H groups in total. The van der Waals surface area contributed by atoms with Gasteiger partial charge >= 0.3 is 0 Å². The lowest BCUT2D eigenvalue weighted by atomic mass is 10.1. The van der Waals surface area contributed by atoms with Gasteiger partial charge in [-0.25, -0.2) is 0 Å². The minimum Gasteiger partial charge on any atom is -0.494 e. The van der Waals surface area contributed by atoms with Gasteiger partial charge in [-0.3, -0.25) is 4.79 Å². The van der Waals surface area contributed by atoms with Crippen LogP contribution >= 0.6 is 0 Å². The number of carbonyl (C=O) groups is 1. The number of hydrogen-bond acceptors (Lipinski definition) is 4. The van der Waals surface area contributed by atoms with E-state index in [0.29, 0.717) is 29.4 Å². The highest BCUT2D eigenvalue weighted by molar-refractivity contribution is 6.04. The molecule has 0 unspecified atom stereocenters. The van der Waals surface area contributed by atoms with Crippen LogP contribution in [0, 0.1) is 6.92 Å². The molecule has 1 heterocycles. The van der Waals surface area contributed by atoms with Gasteiger partial charge in [0.05, 0.1) is 6.61 Å². The first kappa shape index (κ1) is 17.8. The Bertz CT molecular complexity index is 897. The minimum absolute atomic E-state index is 0.130. The molecule has 2 aromatic carbocycles. The first-order chi connectivity index (χ1) is 12.6. The normalized spacial score (nSPS) is 10.6. The van der Waals surface area contributed by atoms with E-state index in [-0.39, 0.29) is 12.5 Å². The van der Waals surface area contributed by atoms with Crippen molar-refractivity contribution < 1.29 is 19.1 Å². The van der Waals surface area contributed by atoms with E-state index in [1.807, 2.05) is 38.1 Å². The number of nitrogens with one attached hydrogen (secondary N) is 1. The van der Waals surface area contributed by atoms with Gasteiger partial charge in [0.2, 0.25) is 0 Å². The number of benzene rings is 2. The number of aliphatic hydroxyl groups excluding tert-OH is 1. The summed E-state index contributed by atoms with van der Waals surface area (Å²) in [6.45, 7) is 4.32. The van der Waals surface area contributed by atoms with Crippen molar-refractivity contribution in [2.75, 3.05) is 11.9 Å². The molecule has 0 aliphatic carbocycles. The largest absolute Gasteiger partial charge is 0.494 e. The van der Waals surface area contributed by atoms with Gasteiger partial charge in [0, 0.05) is 16.8 Å². The Morgan fingerprint density at radius 3 is 2.50 bits per heavy atom. The number of rotatable bonds is 6. The van der Waals surface area contributed by atoms with Gasteiger partial charge in [0.25, 0.3) is 5.91 Å². The predicted molar refractivity (Wildman–Crippen MR) is 100 cm³/mol. The van der Waals surface area contributed by atoms with E-state index < -0.39 is 0 Å². The molecule has 0 saturated heterocycles. The molecule has 0 atom stereocenters. The summed E-state index contributed by atoms with van der Waals surface area (Å²) >= 11 is 0. The first-order valence-corrected chi connectivity index (χ1v) is 8.45. The fraction of sp³-hybridized carbons (Fsp3) is 0.190. The summed E-state index contributed by atoms with van der Waals surface area (Å²) < 4.78 is 11.0. The van der Waals surface area contributed by atoms with E-state index in [1.165, 1.54) is 0 Å². The molecule has 0 aliphatic rings. The van der Waals surface area contributed by atoms with E-state index in [0.717, 1.165) is 16.9 Å². The van der Waals surface area contributed by atoms with E-state index in [2.05, 4.69) is 5.32 Å². The van der Waals surface area contributed by atoms with Crippen molar-refractivity contribution in [1.82, 2.24) is 0 Å². The number of furan rings is 1. The number of carbonyl (C=O) groups excluding carboxylic acids is 1. The van der Waals surface area contributed by atoms with Crippen LogP contribution < -0.4 is 10.1 Å². The van der Waals surface area contributed by atoms with E-state index in [1.54, 1.807) is 30.3 Å². The maximum Gasteiger partial charge on any atom is 0.255 e. The zero-order valence-corrected chi connectivity index (χ0v) is 14.8. The second-order valence-electron chi connectivity index (χ2n) is 5.87. The second kappa shape index (κ2) is 7.89. The lowest BCUT2D eigenvalue weighted by molar-refractivity contribution is 0.102. The minimum atomic E-state index is -0.180. The van der Waals surface area contributed by atoms with Crippen LogP contribution in [-0.4, -0.2) is 17.6 Å². The first-order valence-electron chi connectivity index (χ1n) is 8.45. The number of aryl methyl sites for hydroxylation is 1. The molecule has 5 nitrogen and oxygen atoms in total. The van der Waals surface area contributed by atoms with Gasteiger partial charge in [-0.2, -0.15) is 0 Å². The molecule has 0 fully saturated rings. The van der Waals surface area contributed by atoms with Crippen molar-refractivity contribution in [2.24, 2.45) is 0 Å². The zero-order valence-electron chi connectivity index (χ0n) is 14.8. The summed E-state index contributed by atoms with van der Waals surface area (Å²) in [4.78, 5) is 12.4. The molecular weight excluding hydrogens is 330 g/mol. The smallest absolute Gasteiger partial charge is 0.255 e. The highest BCUT2D eigenvalue weighted by Gasteiger charge is 2.10. The van der Waals surface area contributed by atoms with Crippen molar-refractivity contribution in [2.45, 2.75) is 20.5 Å². The maximum absolute atomic E-state index is 12.4. The van der Waals surface area contributed by atoms with E-state index >= 15 is 0 Å². The molecule has 0 aliphatic heterocycles. The van der Waals surface area contributed by atoms with Gasteiger partial charge in [0.1, 0.15) is 23.9 Å². The van der Waals surface area contributed by atoms with Crippen molar-refractivity contribution in [3.05, 3.63) is 71.5 Å². The van der Waals surface area contributed by atoms with Crippen molar-refractivity contribution in [1.29, 1.82) is 0 Å². The molecule has 134 valence electrons. The third kappa shape index (κ3) is 3.95. The zero-order chi connectivity index (χ0) is 18.5. The Labute approximate surface area is 152 Å². The average Bonchev–Trinajstić information content (AvgIpc) is 3.11. The fourth-order valence-electron chi connectivity index (χ4n) is 2.70. The molecule has 0 spiro atoms. The van der Waals surface area contributed by atoms with Gasteiger partial charge in [-0.05, 0) is 74.0 Å². The summed E-state index contributed by atoms with van der Waals surface area (Å²) in [7, 11) is 0. The maximum atomic E-state index is 12.4. The Morgan fingerprint density at radius 2 is 1.88 bits per heavy atom. The summed E-state index contributed by atoms with van der Waals surface area (Å²) in [5, 5.41) is 12.0. The number of hydrogen-bond donors (Lipinski definition) is 2. The van der Waals surface area contributed by atoms with Crippen LogP contribution in [0.5, 0.6) is 5.75 Å². The molecule has 0 bridgehead atoms. The molecule has 26 heavy (non-hydrogen) atoms. The standard InChI is InChI=1S/C21H21NO4/c1-3-25-17-7-4-15(5-8-17)21(24)22-16-6-10-19(14(2)12-16)20-11-9-18(13-23)26-20/h4-12,23H,3,13H2,1-2H3,(H,22,24). The summed E-state index contributed by atoms with van der Waals surface area (Å²) in [6, 6.07) is 16.2. The number of amides is 1. The highest BCUT2D eigenvalue weighted by Crippen LogP contribution is 2.28. The average molecular weight is 351 g/mol. The summed E-state index contributed by atoms with van der Waals surface area (Å²) in [5.41, 5.74) is 3.16. The Morgan fingerprint density at radius 1 is 1.12 bits per heavy atom. The molecule has 1 amide bonds. The Kier molecular flexibility index (Phi) is 5.39. The summed E-state index contributed by atoms with van der Waals surface area (Å²) in [6.07, 6.45) is 0. The van der Waals surface area contributed by atoms with Gasteiger partial charge in [0.15, 0.2) is 0 Å². The fourth-order valence-corrected chi connectivity index (χ4v) is 2.70. The van der Waals surface area contributed by atoms with E-state index in [9.17, 15) is 4.79 Å². The molecular formula is C21H21NO4. The van der Waals surface area contributed by atoms with Crippen LogP contribution in [-0.2, 0) is 6.61 Å². The third-order valence-electron chi connectivity index (χ3n) is 3.99. The topological polar surface area (TPSA) is 71.7 Å². The molecule has 1 aromatic heterocycles. The number of anilines is 1. The molecule has 0 saturated carbocycles. The van der Waals surface area contributed by atoms with Gasteiger partial charge < -0.3 is 19.6 Å². The van der Waals surface area contributed by atoms with Gasteiger partial charge in [-0.1, -0.05) is 0 Å². The van der Waals surface area contributed by atoms with Crippen LogP contribution in [0.25, 0.3) is 11.3 Å². The predicted octanol–water partition coefficient (Wildman–Crippen LogP) is 4.40. The molecule has 0 radical (unpaired) electrons. The quantitative estimate of drug-likeness (QED) is 0.690.